The van der Waals surface area contributed by atoms with Crippen molar-refractivity contribution in [2.24, 2.45) is 11.5 Å². The maximum atomic E-state index is 12.7. The molecule has 12 heavy (non-hydrogen) atoms. The van der Waals surface area contributed by atoms with E-state index < -0.39 is 0 Å². The number of rotatable bonds is 2. The summed E-state index contributed by atoms with van der Waals surface area (Å²) in [6.07, 6.45) is 0. The quantitative estimate of drug-likeness (QED) is 0.804. The topological polar surface area (TPSA) is 52.0 Å². The minimum atomic E-state index is -0.271. The fourth-order valence-corrected chi connectivity index (χ4v) is 1.66. The van der Waals surface area contributed by atoms with Crippen LogP contribution in [0.2, 0.25) is 0 Å². The van der Waals surface area contributed by atoms with E-state index in [2.05, 4.69) is 22.6 Å². The summed E-state index contributed by atoms with van der Waals surface area (Å²) in [6, 6.07) is 4.27. The lowest BCUT2D eigenvalue weighted by molar-refractivity contribution is 0.619. The van der Waals surface area contributed by atoms with Gasteiger partial charge in [0, 0.05) is 16.2 Å². The minimum absolute atomic E-state index is 0.269. The molecule has 0 amide bonds. The molecule has 1 aromatic rings. The normalized spacial score (nSPS) is 13.0. The minimum Gasteiger partial charge on any atom is -0.329 e. The van der Waals surface area contributed by atoms with Crippen LogP contribution in [0.5, 0.6) is 0 Å². The average Bonchev–Trinajstić information content (AvgIpc) is 2.08. The van der Waals surface area contributed by atoms with Crippen LogP contribution in [0, 0.1) is 9.39 Å². The third-order valence-corrected chi connectivity index (χ3v) is 2.59. The molecule has 0 aliphatic heterocycles. The van der Waals surface area contributed by atoms with Crippen LogP contribution in [0.15, 0.2) is 18.2 Å². The Morgan fingerprint density at radius 3 is 2.75 bits per heavy atom. The molecule has 0 saturated heterocycles. The van der Waals surface area contributed by atoms with Gasteiger partial charge in [-0.3, -0.25) is 0 Å². The zero-order valence-corrected chi connectivity index (χ0v) is 8.58. The third kappa shape index (κ3) is 2.15. The SMILES string of the molecule is NCC(N)c1cc(F)ccc1I. The Hall–Kier alpha value is -0.200. The lowest BCUT2D eigenvalue weighted by Gasteiger charge is -2.10. The molecule has 0 radical (unpaired) electrons. The van der Waals surface area contributed by atoms with Crippen molar-refractivity contribution >= 4 is 22.6 Å². The molecule has 0 aliphatic carbocycles. The van der Waals surface area contributed by atoms with Gasteiger partial charge in [-0.05, 0) is 46.4 Å². The number of hydrogen-bond donors (Lipinski definition) is 2. The van der Waals surface area contributed by atoms with Gasteiger partial charge in [0.2, 0.25) is 0 Å². The van der Waals surface area contributed by atoms with E-state index in [1.54, 1.807) is 6.07 Å². The summed E-state index contributed by atoms with van der Waals surface area (Å²) >= 11 is 2.11. The Kier molecular flexibility index (Phi) is 3.42. The van der Waals surface area contributed by atoms with Crippen molar-refractivity contribution in [3.05, 3.63) is 33.1 Å². The summed E-state index contributed by atoms with van der Waals surface area (Å²) in [7, 11) is 0. The molecule has 1 aromatic carbocycles. The molecule has 0 heterocycles. The average molecular weight is 280 g/mol. The molecule has 1 unspecified atom stereocenters. The molecule has 0 aromatic heterocycles. The second kappa shape index (κ2) is 4.15. The number of benzene rings is 1. The largest absolute Gasteiger partial charge is 0.329 e. The molecule has 1 rings (SSSR count). The van der Waals surface area contributed by atoms with Gasteiger partial charge < -0.3 is 11.5 Å². The molecule has 0 aliphatic rings. The van der Waals surface area contributed by atoms with E-state index >= 15 is 0 Å². The van der Waals surface area contributed by atoms with Crippen molar-refractivity contribution < 1.29 is 4.39 Å². The van der Waals surface area contributed by atoms with Crippen LogP contribution in [0.4, 0.5) is 4.39 Å². The van der Waals surface area contributed by atoms with Crippen molar-refractivity contribution in [2.75, 3.05) is 6.54 Å². The van der Waals surface area contributed by atoms with Crippen LogP contribution in [-0.4, -0.2) is 6.54 Å². The second-order valence-corrected chi connectivity index (χ2v) is 3.67. The zero-order valence-electron chi connectivity index (χ0n) is 6.43. The highest BCUT2D eigenvalue weighted by Gasteiger charge is 2.08. The van der Waals surface area contributed by atoms with E-state index in [-0.39, 0.29) is 11.9 Å². The summed E-state index contributed by atoms with van der Waals surface area (Å²) < 4.78 is 13.7. The molecule has 1 atom stereocenters. The van der Waals surface area contributed by atoms with Gasteiger partial charge in [0.15, 0.2) is 0 Å². The van der Waals surface area contributed by atoms with Crippen LogP contribution in [0.1, 0.15) is 11.6 Å². The van der Waals surface area contributed by atoms with Crippen molar-refractivity contribution in [1.82, 2.24) is 0 Å². The molecule has 2 nitrogen and oxygen atoms in total. The molecule has 0 spiro atoms. The fraction of sp³-hybridized carbons (Fsp3) is 0.250. The van der Waals surface area contributed by atoms with E-state index in [9.17, 15) is 4.39 Å². The molecule has 66 valence electrons. The molecule has 0 bridgehead atoms. The first kappa shape index (κ1) is 9.88. The Labute approximate surface area is 84.3 Å². The zero-order chi connectivity index (χ0) is 9.14. The maximum Gasteiger partial charge on any atom is 0.123 e. The molecule has 4 heteroatoms. The van der Waals surface area contributed by atoms with Crippen molar-refractivity contribution in [2.45, 2.75) is 6.04 Å². The third-order valence-electron chi connectivity index (χ3n) is 1.61. The summed E-state index contributed by atoms with van der Waals surface area (Å²) in [4.78, 5) is 0. The Bertz CT molecular complexity index is 278. The van der Waals surface area contributed by atoms with Gasteiger partial charge in [0.05, 0.1) is 0 Å². The van der Waals surface area contributed by atoms with Crippen molar-refractivity contribution in [3.8, 4) is 0 Å². The Balaban J connectivity index is 3.04. The van der Waals surface area contributed by atoms with Crippen LogP contribution < -0.4 is 11.5 Å². The van der Waals surface area contributed by atoms with E-state index in [0.29, 0.717) is 6.54 Å². The van der Waals surface area contributed by atoms with Crippen LogP contribution in [0.3, 0.4) is 0 Å². The summed E-state index contributed by atoms with van der Waals surface area (Å²) in [5.41, 5.74) is 11.8. The van der Waals surface area contributed by atoms with Gasteiger partial charge in [-0.2, -0.15) is 0 Å². The van der Waals surface area contributed by atoms with Crippen molar-refractivity contribution in [1.29, 1.82) is 0 Å². The lowest BCUT2D eigenvalue weighted by Crippen LogP contribution is -2.21. The lowest BCUT2D eigenvalue weighted by atomic mass is 10.1. The highest BCUT2D eigenvalue weighted by Crippen LogP contribution is 2.18. The van der Waals surface area contributed by atoms with E-state index in [1.807, 2.05) is 0 Å². The smallest absolute Gasteiger partial charge is 0.123 e. The first-order valence-electron chi connectivity index (χ1n) is 3.55. The number of nitrogens with two attached hydrogens (primary N) is 2. The fourth-order valence-electron chi connectivity index (χ4n) is 0.926. The summed E-state index contributed by atoms with van der Waals surface area (Å²) in [6.45, 7) is 0.333. The van der Waals surface area contributed by atoms with E-state index in [1.165, 1.54) is 12.1 Å². The van der Waals surface area contributed by atoms with Crippen molar-refractivity contribution in [3.63, 3.8) is 0 Å². The van der Waals surface area contributed by atoms with Gasteiger partial charge in [0.25, 0.3) is 0 Å². The summed E-state index contributed by atoms with van der Waals surface area (Å²) in [5, 5.41) is 0. The molecule has 4 N–H and O–H groups in total. The van der Waals surface area contributed by atoms with Gasteiger partial charge in [-0.25, -0.2) is 4.39 Å². The molecular formula is C8H10FIN2. The predicted molar refractivity (Wildman–Crippen MR) is 55.1 cm³/mol. The van der Waals surface area contributed by atoms with Crippen LogP contribution in [0.25, 0.3) is 0 Å². The number of halogens is 2. The van der Waals surface area contributed by atoms with Gasteiger partial charge in [-0.15, -0.1) is 0 Å². The predicted octanol–water partition coefficient (Wildman–Crippen LogP) is 1.39. The first-order chi connectivity index (χ1) is 5.65. The van der Waals surface area contributed by atoms with Gasteiger partial charge in [-0.1, -0.05) is 0 Å². The molecule has 0 fully saturated rings. The van der Waals surface area contributed by atoms with Gasteiger partial charge >= 0.3 is 0 Å². The number of hydrogen-bond acceptors (Lipinski definition) is 2. The Morgan fingerprint density at radius 1 is 1.50 bits per heavy atom. The second-order valence-electron chi connectivity index (χ2n) is 2.51. The van der Waals surface area contributed by atoms with Crippen LogP contribution >= 0.6 is 22.6 Å². The highest BCUT2D eigenvalue weighted by atomic mass is 127. The maximum absolute atomic E-state index is 12.7. The first-order valence-corrected chi connectivity index (χ1v) is 4.63. The monoisotopic (exact) mass is 280 g/mol. The molecular weight excluding hydrogens is 270 g/mol. The van der Waals surface area contributed by atoms with E-state index in [4.69, 9.17) is 11.5 Å². The Morgan fingerprint density at radius 2 is 2.17 bits per heavy atom. The van der Waals surface area contributed by atoms with Gasteiger partial charge in [0.1, 0.15) is 5.82 Å². The molecule has 0 saturated carbocycles. The van der Waals surface area contributed by atoms with Crippen LogP contribution in [-0.2, 0) is 0 Å². The van der Waals surface area contributed by atoms with E-state index in [0.717, 1.165) is 9.13 Å². The summed E-state index contributed by atoms with van der Waals surface area (Å²) in [5.74, 6) is -0.269. The highest BCUT2D eigenvalue weighted by molar-refractivity contribution is 14.1. The standard InChI is InChI=1S/C8H10FIN2/c9-5-1-2-7(10)6(3-5)8(12)4-11/h1-3,8H,4,11-12H2.